The van der Waals surface area contributed by atoms with Crippen molar-refractivity contribution in [3.05, 3.63) is 30.3 Å². The average molecular weight is 282 g/mol. The Morgan fingerprint density at radius 2 is 1.47 bits per heavy atom. The maximum atomic E-state index is 12.5. The van der Waals surface area contributed by atoms with Crippen LogP contribution in [-0.2, 0) is 9.84 Å². The molecule has 1 aromatic carbocycles. The Kier molecular flexibility index (Phi) is 2.96. The fourth-order valence-corrected chi connectivity index (χ4v) is 5.12. The molecule has 0 atom stereocenters. The summed E-state index contributed by atoms with van der Waals surface area (Å²) in [6, 6.07) is 8.88. The first-order valence-corrected chi connectivity index (χ1v) is 8.55. The van der Waals surface area contributed by atoms with Gasteiger partial charge in [0.25, 0.3) is 0 Å². The summed E-state index contributed by atoms with van der Waals surface area (Å²) in [6.07, 6.45) is 0. The minimum atomic E-state index is -3.16. The van der Waals surface area contributed by atoms with Crippen molar-refractivity contribution in [3.8, 4) is 0 Å². The molecule has 19 heavy (non-hydrogen) atoms. The number of piperazine rings is 3. The zero-order chi connectivity index (χ0) is 13.6. The zero-order valence-corrected chi connectivity index (χ0v) is 12.3. The topological polar surface area (TPSA) is 34.1 Å². The third-order valence-electron chi connectivity index (χ3n) is 4.89. The molecule has 0 unspecified atom stereocenters. The van der Waals surface area contributed by atoms with Gasteiger partial charge < -0.3 is 4.48 Å². The molecule has 3 fully saturated rings. The van der Waals surface area contributed by atoms with Gasteiger partial charge in [-0.2, -0.15) is 0 Å². The van der Waals surface area contributed by atoms with Crippen molar-refractivity contribution >= 4 is 9.84 Å². The lowest BCUT2D eigenvalue weighted by molar-refractivity contribution is -1.07. The molecule has 0 radical (unpaired) electrons. The van der Waals surface area contributed by atoms with E-state index in [1.54, 1.807) is 24.3 Å². The van der Waals surface area contributed by atoms with Crippen molar-refractivity contribution in [1.82, 2.24) is 0 Å². The van der Waals surface area contributed by atoms with Crippen LogP contribution in [0.4, 0.5) is 0 Å². The molecule has 4 nitrogen and oxygen atoms in total. The van der Waals surface area contributed by atoms with Crippen LogP contribution in [0.25, 0.3) is 0 Å². The van der Waals surface area contributed by atoms with Crippen molar-refractivity contribution in [3.63, 3.8) is 0 Å². The maximum Gasteiger partial charge on any atom is 0.228 e. The van der Waals surface area contributed by atoms with Gasteiger partial charge in [-0.3, -0.25) is 4.48 Å². The van der Waals surface area contributed by atoms with Crippen LogP contribution in [0.5, 0.6) is 0 Å². The van der Waals surface area contributed by atoms with Crippen LogP contribution in [0.1, 0.15) is 0 Å². The standard InChI is InChI=1S/C14H22N2O2S/c1-15-7-10-16(11-8-15,12-9-15)13-19(17,18)14-5-3-2-4-6-14/h2-6H,7-13H2,1H3/q+2. The molecule has 0 N–H and O–H groups in total. The minimum Gasteiger partial charge on any atom is -0.312 e. The second kappa shape index (κ2) is 4.30. The molecular formula is C14H22N2O2S+2. The number of quaternary nitrogens is 2. The van der Waals surface area contributed by atoms with Gasteiger partial charge in [0.2, 0.25) is 9.84 Å². The predicted octanol–water partition coefficient (Wildman–Crippen LogP) is 0.708. The highest BCUT2D eigenvalue weighted by molar-refractivity contribution is 7.91. The smallest absolute Gasteiger partial charge is 0.228 e. The lowest BCUT2D eigenvalue weighted by Gasteiger charge is -2.53. The van der Waals surface area contributed by atoms with Crippen LogP contribution in [0.15, 0.2) is 35.2 Å². The third kappa shape index (κ3) is 2.42. The number of benzene rings is 1. The van der Waals surface area contributed by atoms with Gasteiger partial charge in [0.1, 0.15) is 39.3 Å². The van der Waals surface area contributed by atoms with Gasteiger partial charge >= 0.3 is 0 Å². The van der Waals surface area contributed by atoms with Gasteiger partial charge in [-0.05, 0) is 12.1 Å². The van der Waals surface area contributed by atoms with Crippen LogP contribution >= 0.6 is 0 Å². The third-order valence-corrected chi connectivity index (χ3v) is 6.77. The molecule has 0 aliphatic carbocycles. The number of fused-ring (bicyclic) bond motifs is 3. The monoisotopic (exact) mass is 282 g/mol. The summed E-state index contributed by atoms with van der Waals surface area (Å²) in [7, 11) is -0.870. The van der Waals surface area contributed by atoms with Crippen LogP contribution in [0.3, 0.4) is 0 Å². The van der Waals surface area contributed by atoms with E-state index in [-0.39, 0.29) is 5.88 Å². The summed E-state index contributed by atoms with van der Waals surface area (Å²) in [5, 5.41) is 0. The summed E-state index contributed by atoms with van der Waals surface area (Å²) in [5.41, 5.74) is 0. The molecule has 5 heteroatoms. The predicted molar refractivity (Wildman–Crippen MR) is 74.1 cm³/mol. The van der Waals surface area contributed by atoms with E-state index in [2.05, 4.69) is 7.05 Å². The second-order valence-corrected chi connectivity index (χ2v) is 8.32. The SMILES string of the molecule is C[N+]12CC[N+](CS(=O)(=O)c3ccccc3)(CC1)CC2. The van der Waals surface area contributed by atoms with Crippen molar-refractivity contribution in [2.45, 2.75) is 4.90 Å². The van der Waals surface area contributed by atoms with Crippen molar-refractivity contribution in [2.24, 2.45) is 0 Å². The van der Waals surface area contributed by atoms with Crippen LogP contribution in [-0.4, -0.2) is 69.6 Å². The van der Waals surface area contributed by atoms with Crippen LogP contribution < -0.4 is 0 Å². The van der Waals surface area contributed by atoms with Gasteiger partial charge in [0.05, 0.1) is 11.9 Å². The number of nitrogens with zero attached hydrogens (tertiary/aromatic N) is 2. The Bertz CT molecular complexity index is 544. The normalized spacial score (nSPS) is 34.4. The lowest BCUT2D eigenvalue weighted by Crippen LogP contribution is -2.74. The number of sulfone groups is 1. The Hall–Kier alpha value is -0.910. The van der Waals surface area contributed by atoms with Crippen molar-refractivity contribution in [1.29, 1.82) is 0 Å². The van der Waals surface area contributed by atoms with E-state index in [0.717, 1.165) is 48.2 Å². The highest BCUT2D eigenvalue weighted by atomic mass is 32.2. The molecule has 0 amide bonds. The molecule has 0 aromatic heterocycles. The summed E-state index contributed by atoms with van der Waals surface area (Å²) < 4.78 is 27.0. The number of likely N-dealkylation sites (N-methyl/N-ethyl adjacent to an activating group) is 1. The van der Waals surface area contributed by atoms with E-state index in [0.29, 0.717) is 4.90 Å². The van der Waals surface area contributed by atoms with Crippen LogP contribution in [0.2, 0.25) is 0 Å². The number of hydrogen-bond acceptors (Lipinski definition) is 2. The van der Waals surface area contributed by atoms with E-state index < -0.39 is 9.84 Å². The number of hydrogen-bond donors (Lipinski definition) is 0. The summed E-state index contributed by atoms with van der Waals surface area (Å²) in [4.78, 5) is 0.468. The van der Waals surface area contributed by atoms with Crippen molar-refractivity contribution in [2.75, 3.05) is 52.2 Å². The fourth-order valence-electron chi connectivity index (χ4n) is 3.29. The maximum absolute atomic E-state index is 12.5. The Morgan fingerprint density at radius 1 is 0.947 bits per heavy atom. The Balaban J connectivity index is 1.82. The lowest BCUT2D eigenvalue weighted by atomic mass is 10.1. The van der Waals surface area contributed by atoms with E-state index in [4.69, 9.17) is 0 Å². The first-order valence-electron chi connectivity index (χ1n) is 6.90. The van der Waals surface area contributed by atoms with Gasteiger partial charge in [-0.1, -0.05) is 18.2 Å². The molecule has 0 saturated carbocycles. The molecule has 2 bridgehead atoms. The average Bonchev–Trinajstić information content (AvgIpc) is 2.41. The van der Waals surface area contributed by atoms with Gasteiger partial charge in [-0.25, -0.2) is 8.42 Å². The van der Waals surface area contributed by atoms with E-state index in [1.807, 2.05) is 6.07 Å². The zero-order valence-electron chi connectivity index (χ0n) is 11.5. The molecule has 3 aliphatic rings. The molecular weight excluding hydrogens is 260 g/mol. The highest BCUT2D eigenvalue weighted by Gasteiger charge is 2.48. The quantitative estimate of drug-likeness (QED) is 0.765. The first kappa shape index (κ1) is 13.1. The highest BCUT2D eigenvalue weighted by Crippen LogP contribution is 2.27. The molecule has 104 valence electrons. The summed E-state index contributed by atoms with van der Waals surface area (Å²) >= 11 is 0. The van der Waals surface area contributed by atoms with Gasteiger partial charge in [0, 0.05) is 0 Å². The second-order valence-electron chi connectivity index (χ2n) is 6.36. The first-order chi connectivity index (χ1) is 8.93. The van der Waals surface area contributed by atoms with E-state index >= 15 is 0 Å². The minimum absolute atomic E-state index is 0.275. The number of rotatable bonds is 3. The van der Waals surface area contributed by atoms with Crippen LogP contribution in [0, 0.1) is 0 Å². The van der Waals surface area contributed by atoms with E-state index in [9.17, 15) is 8.42 Å². The molecule has 0 spiro atoms. The molecule has 4 rings (SSSR count). The fraction of sp³-hybridized carbons (Fsp3) is 0.571. The summed E-state index contributed by atoms with van der Waals surface area (Å²) in [5.74, 6) is 0.275. The van der Waals surface area contributed by atoms with Gasteiger partial charge in [0.15, 0.2) is 5.88 Å². The molecule has 3 saturated heterocycles. The Morgan fingerprint density at radius 3 is 2.00 bits per heavy atom. The van der Waals surface area contributed by atoms with Crippen molar-refractivity contribution < 1.29 is 17.4 Å². The molecule has 1 aromatic rings. The largest absolute Gasteiger partial charge is 0.312 e. The Labute approximate surface area is 115 Å². The van der Waals surface area contributed by atoms with Gasteiger partial charge in [-0.15, -0.1) is 0 Å². The molecule has 3 heterocycles. The summed E-state index contributed by atoms with van der Waals surface area (Å²) in [6.45, 7) is 6.35. The van der Waals surface area contributed by atoms with E-state index in [1.165, 1.54) is 0 Å². The molecule has 3 aliphatic heterocycles.